The number of nitrogens with one attached hydrogen (secondary N) is 1. The topological polar surface area (TPSA) is 80.9 Å². The molecule has 1 aromatic carbocycles. The zero-order valence-electron chi connectivity index (χ0n) is 8.11. The molecular weight excluding hydrogens is 213 g/mol. The largest absolute Gasteiger partial charge is 0.399 e. The smallest absolute Gasteiger partial charge is 0.333 e. The van der Waals surface area contributed by atoms with Gasteiger partial charge in [-0.15, -0.1) is 0 Å². The summed E-state index contributed by atoms with van der Waals surface area (Å²) >= 11 is 0. The molecule has 0 bridgehead atoms. The Morgan fingerprint density at radius 2 is 1.81 bits per heavy atom. The molecule has 0 radical (unpaired) electrons. The molecule has 82 valence electrons. The van der Waals surface area contributed by atoms with E-state index in [0.717, 1.165) is 10.8 Å². The third kappa shape index (κ3) is 1.72. The highest BCUT2D eigenvalue weighted by atomic mass is 19.1. The second kappa shape index (κ2) is 3.65. The second-order valence-corrected chi connectivity index (χ2v) is 3.20. The number of hydrogen-bond donors (Lipinski definition) is 2. The number of aromatic amines is 1. The number of aromatic nitrogens is 2. The summed E-state index contributed by atoms with van der Waals surface area (Å²) in [4.78, 5) is 24.1. The van der Waals surface area contributed by atoms with Crippen LogP contribution < -0.4 is 17.0 Å². The van der Waals surface area contributed by atoms with Gasteiger partial charge in [-0.05, 0) is 24.3 Å². The van der Waals surface area contributed by atoms with Crippen LogP contribution in [0, 0.1) is 5.82 Å². The van der Waals surface area contributed by atoms with E-state index < -0.39 is 17.1 Å². The molecule has 5 nitrogen and oxygen atoms in total. The van der Waals surface area contributed by atoms with Crippen molar-refractivity contribution >= 4 is 5.69 Å². The minimum atomic E-state index is -1.03. The Kier molecular flexibility index (Phi) is 2.32. The molecule has 0 unspecified atom stereocenters. The molecule has 2 rings (SSSR count). The molecule has 0 saturated heterocycles. The number of nitrogen functional groups attached to an aromatic ring is 1. The number of hydrogen-bond acceptors (Lipinski definition) is 3. The van der Waals surface area contributed by atoms with Gasteiger partial charge in [-0.1, -0.05) is 0 Å². The van der Waals surface area contributed by atoms with Crippen molar-refractivity contribution in [2.75, 3.05) is 5.73 Å². The van der Waals surface area contributed by atoms with Crippen LogP contribution in [-0.2, 0) is 0 Å². The molecule has 0 amide bonds. The monoisotopic (exact) mass is 221 g/mol. The van der Waals surface area contributed by atoms with Crippen molar-refractivity contribution in [3.05, 3.63) is 57.1 Å². The van der Waals surface area contributed by atoms with Crippen LogP contribution in [-0.4, -0.2) is 9.55 Å². The van der Waals surface area contributed by atoms with Crippen LogP contribution in [0.1, 0.15) is 0 Å². The highest BCUT2D eigenvalue weighted by molar-refractivity contribution is 5.44. The highest BCUT2D eigenvalue weighted by Crippen LogP contribution is 2.08. The zero-order valence-corrected chi connectivity index (χ0v) is 8.11. The maximum Gasteiger partial charge on any atom is 0.333 e. The van der Waals surface area contributed by atoms with Crippen molar-refractivity contribution in [2.24, 2.45) is 0 Å². The van der Waals surface area contributed by atoms with E-state index in [1.54, 1.807) is 24.3 Å². The average Bonchev–Trinajstić information content (AvgIpc) is 2.25. The summed E-state index contributed by atoms with van der Waals surface area (Å²) in [6.07, 6.45) is 0.840. The molecule has 1 heterocycles. The SMILES string of the molecule is Nc1ccc(-n2cc(F)c(=O)[nH]c2=O)cc1. The molecule has 3 N–H and O–H groups in total. The Bertz CT molecular complexity index is 628. The summed E-state index contributed by atoms with van der Waals surface area (Å²) in [7, 11) is 0. The Morgan fingerprint density at radius 3 is 2.44 bits per heavy atom. The summed E-state index contributed by atoms with van der Waals surface area (Å²) in [5.74, 6) is -1.02. The van der Waals surface area contributed by atoms with Crippen LogP contribution in [0.2, 0.25) is 0 Å². The van der Waals surface area contributed by atoms with Gasteiger partial charge in [-0.25, -0.2) is 4.79 Å². The average molecular weight is 221 g/mol. The van der Waals surface area contributed by atoms with E-state index >= 15 is 0 Å². The molecule has 0 atom stereocenters. The normalized spacial score (nSPS) is 10.3. The standard InChI is InChI=1S/C10H8FN3O2/c11-8-5-14(10(16)13-9(8)15)7-3-1-6(12)2-4-7/h1-5H,12H2,(H,13,15,16). The molecule has 0 aliphatic heterocycles. The first-order valence-electron chi connectivity index (χ1n) is 4.45. The van der Waals surface area contributed by atoms with E-state index in [9.17, 15) is 14.0 Å². The lowest BCUT2D eigenvalue weighted by Crippen LogP contribution is -2.30. The van der Waals surface area contributed by atoms with Crippen molar-refractivity contribution in [3.8, 4) is 5.69 Å². The van der Waals surface area contributed by atoms with Crippen LogP contribution in [0.5, 0.6) is 0 Å². The predicted molar refractivity (Wildman–Crippen MR) is 57.0 cm³/mol. The van der Waals surface area contributed by atoms with Crippen LogP contribution >= 0.6 is 0 Å². The number of anilines is 1. The second-order valence-electron chi connectivity index (χ2n) is 3.20. The maximum absolute atomic E-state index is 13.0. The van der Waals surface area contributed by atoms with Gasteiger partial charge in [0.25, 0.3) is 5.56 Å². The van der Waals surface area contributed by atoms with Crippen molar-refractivity contribution in [1.82, 2.24) is 9.55 Å². The lowest BCUT2D eigenvalue weighted by molar-refractivity contribution is 0.587. The first kappa shape index (κ1) is 10.2. The van der Waals surface area contributed by atoms with Crippen LogP contribution in [0.4, 0.5) is 10.1 Å². The van der Waals surface area contributed by atoms with Crippen LogP contribution in [0.3, 0.4) is 0 Å². The van der Waals surface area contributed by atoms with E-state index in [1.807, 2.05) is 4.98 Å². The summed E-state index contributed by atoms with van der Waals surface area (Å²) in [5.41, 5.74) is 4.70. The van der Waals surface area contributed by atoms with E-state index in [4.69, 9.17) is 5.73 Å². The Morgan fingerprint density at radius 1 is 1.19 bits per heavy atom. The molecule has 2 aromatic rings. The number of nitrogens with two attached hydrogens (primary N) is 1. The molecule has 0 spiro atoms. The molecule has 16 heavy (non-hydrogen) atoms. The number of H-pyrrole nitrogens is 1. The van der Waals surface area contributed by atoms with Gasteiger partial charge in [-0.3, -0.25) is 14.3 Å². The predicted octanol–water partition coefficient (Wildman–Crippen LogP) is 0.247. The zero-order chi connectivity index (χ0) is 11.7. The summed E-state index contributed by atoms with van der Waals surface area (Å²) < 4.78 is 14.0. The Labute approximate surface area is 89.0 Å². The summed E-state index contributed by atoms with van der Waals surface area (Å²) in [6.45, 7) is 0. The minimum absolute atomic E-state index is 0.425. The molecule has 0 aliphatic rings. The van der Waals surface area contributed by atoms with Crippen LogP contribution in [0.15, 0.2) is 40.1 Å². The number of nitrogens with zero attached hydrogens (tertiary/aromatic N) is 1. The van der Waals surface area contributed by atoms with Gasteiger partial charge in [0.2, 0.25) is 5.82 Å². The van der Waals surface area contributed by atoms with Gasteiger partial charge >= 0.3 is 5.69 Å². The highest BCUT2D eigenvalue weighted by Gasteiger charge is 2.04. The van der Waals surface area contributed by atoms with Crippen LogP contribution in [0.25, 0.3) is 5.69 Å². The Hall–Kier alpha value is -2.37. The van der Waals surface area contributed by atoms with Crippen molar-refractivity contribution in [1.29, 1.82) is 0 Å². The van der Waals surface area contributed by atoms with Gasteiger partial charge in [0.1, 0.15) is 0 Å². The third-order valence-electron chi connectivity index (χ3n) is 2.07. The Balaban J connectivity index is 2.65. The van der Waals surface area contributed by atoms with Crippen molar-refractivity contribution in [2.45, 2.75) is 0 Å². The third-order valence-corrected chi connectivity index (χ3v) is 2.07. The van der Waals surface area contributed by atoms with E-state index in [2.05, 4.69) is 0 Å². The fraction of sp³-hybridized carbons (Fsp3) is 0. The first-order valence-corrected chi connectivity index (χ1v) is 4.45. The summed E-state index contributed by atoms with van der Waals surface area (Å²) in [5, 5.41) is 0. The molecule has 0 saturated carbocycles. The van der Waals surface area contributed by atoms with E-state index in [1.165, 1.54) is 0 Å². The first-order chi connectivity index (χ1) is 7.58. The number of benzene rings is 1. The number of halogens is 1. The van der Waals surface area contributed by atoms with E-state index in [0.29, 0.717) is 11.4 Å². The van der Waals surface area contributed by atoms with Gasteiger partial charge in [0, 0.05) is 5.69 Å². The summed E-state index contributed by atoms with van der Waals surface area (Å²) in [6, 6.07) is 6.25. The molecular formula is C10H8FN3O2. The number of rotatable bonds is 1. The van der Waals surface area contributed by atoms with Crippen molar-refractivity contribution in [3.63, 3.8) is 0 Å². The lowest BCUT2D eigenvalue weighted by Gasteiger charge is -2.04. The minimum Gasteiger partial charge on any atom is -0.399 e. The lowest BCUT2D eigenvalue weighted by atomic mass is 10.3. The molecule has 0 fully saturated rings. The fourth-order valence-electron chi connectivity index (χ4n) is 1.27. The molecule has 6 heteroatoms. The quantitative estimate of drug-likeness (QED) is 0.677. The molecule has 1 aromatic heterocycles. The van der Waals surface area contributed by atoms with Gasteiger partial charge in [0.15, 0.2) is 0 Å². The van der Waals surface area contributed by atoms with Gasteiger partial charge in [-0.2, -0.15) is 4.39 Å². The van der Waals surface area contributed by atoms with E-state index in [-0.39, 0.29) is 0 Å². The van der Waals surface area contributed by atoms with Crippen molar-refractivity contribution < 1.29 is 4.39 Å². The fourth-order valence-corrected chi connectivity index (χ4v) is 1.27. The molecule has 0 aliphatic carbocycles. The maximum atomic E-state index is 13.0. The van der Waals surface area contributed by atoms with Gasteiger partial charge in [0.05, 0.1) is 11.9 Å². The van der Waals surface area contributed by atoms with Gasteiger partial charge < -0.3 is 5.73 Å².